The Bertz CT molecular complexity index is 1050. The summed E-state index contributed by atoms with van der Waals surface area (Å²) >= 11 is 1.58. The number of thiazole rings is 1. The lowest BCUT2D eigenvalue weighted by atomic mass is 10.2. The Morgan fingerprint density at radius 3 is 2.76 bits per heavy atom. The van der Waals surface area contributed by atoms with E-state index in [0.29, 0.717) is 12.3 Å². The number of aryl methyl sites for hydroxylation is 1. The lowest BCUT2D eigenvalue weighted by molar-refractivity contribution is 0.481. The molecule has 0 spiro atoms. The van der Waals surface area contributed by atoms with Gasteiger partial charge < -0.3 is 9.64 Å². The molecule has 6 nitrogen and oxygen atoms in total. The number of anilines is 1. The predicted molar refractivity (Wildman–Crippen MR) is 115 cm³/mol. The van der Waals surface area contributed by atoms with Crippen LogP contribution in [0.1, 0.15) is 18.4 Å². The van der Waals surface area contributed by atoms with Gasteiger partial charge in [-0.3, -0.25) is 0 Å². The molecule has 1 saturated heterocycles. The lowest BCUT2D eigenvalue weighted by Gasteiger charge is -2.24. The molecule has 0 aliphatic carbocycles. The van der Waals surface area contributed by atoms with E-state index in [1.807, 2.05) is 36.6 Å². The summed E-state index contributed by atoms with van der Waals surface area (Å²) in [5.41, 5.74) is 1.10. The topological polar surface area (TPSA) is 71.5 Å². The maximum absolute atomic E-state index is 12.7. The largest absolute Gasteiger partial charge is 0.457 e. The van der Waals surface area contributed by atoms with Crippen molar-refractivity contribution in [2.45, 2.75) is 30.7 Å². The molecule has 0 radical (unpaired) electrons. The van der Waals surface area contributed by atoms with Gasteiger partial charge in [-0.25, -0.2) is 18.1 Å². The molecule has 3 aromatic rings. The van der Waals surface area contributed by atoms with Gasteiger partial charge in [-0.15, -0.1) is 11.3 Å². The van der Waals surface area contributed by atoms with Crippen LogP contribution >= 0.6 is 11.3 Å². The Balaban J connectivity index is 1.39. The monoisotopic (exact) mass is 429 g/mol. The first-order chi connectivity index (χ1) is 14.0. The number of benzene rings is 2. The zero-order chi connectivity index (χ0) is 20.3. The van der Waals surface area contributed by atoms with Crippen molar-refractivity contribution >= 4 is 26.5 Å². The van der Waals surface area contributed by atoms with Crippen LogP contribution in [0.4, 0.5) is 5.13 Å². The summed E-state index contributed by atoms with van der Waals surface area (Å²) in [5, 5.41) is 2.89. The lowest BCUT2D eigenvalue weighted by Crippen LogP contribution is -2.40. The van der Waals surface area contributed by atoms with Crippen LogP contribution in [-0.2, 0) is 10.0 Å². The zero-order valence-corrected chi connectivity index (χ0v) is 17.7. The van der Waals surface area contributed by atoms with Crippen LogP contribution < -0.4 is 14.4 Å². The van der Waals surface area contributed by atoms with E-state index in [4.69, 9.17) is 4.74 Å². The number of rotatable bonds is 7. The second-order valence-corrected chi connectivity index (χ2v) is 9.69. The average Bonchev–Trinajstić information content (AvgIpc) is 3.38. The molecule has 4 rings (SSSR count). The summed E-state index contributed by atoms with van der Waals surface area (Å²) < 4.78 is 34.0. The van der Waals surface area contributed by atoms with Gasteiger partial charge in [0.05, 0.1) is 4.90 Å². The molecule has 8 heteroatoms. The molecule has 2 aromatic carbocycles. The van der Waals surface area contributed by atoms with Gasteiger partial charge in [0.1, 0.15) is 11.5 Å². The van der Waals surface area contributed by atoms with E-state index < -0.39 is 10.0 Å². The van der Waals surface area contributed by atoms with Crippen molar-refractivity contribution in [1.82, 2.24) is 9.71 Å². The standard InChI is InChI=1S/C21H23N3O3S2/c1-16-4-2-6-19(14-16)27-18-7-9-20(10-8-18)29(25,26)23-15-17-5-3-12-24(17)21-22-11-13-28-21/h2,4,6-11,13-14,17,23H,3,5,12,15H2,1H3. The number of aromatic nitrogens is 1. The maximum Gasteiger partial charge on any atom is 0.240 e. The Hall–Kier alpha value is -2.42. The molecule has 29 heavy (non-hydrogen) atoms. The Labute approximate surface area is 175 Å². The van der Waals surface area contributed by atoms with Crippen LogP contribution in [0.5, 0.6) is 11.5 Å². The minimum absolute atomic E-state index is 0.125. The Morgan fingerprint density at radius 1 is 1.21 bits per heavy atom. The van der Waals surface area contributed by atoms with Crippen LogP contribution in [0.2, 0.25) is 0 Å². The molecular weight excluding hydrogens is 406 g/mol. The highest BCUT2D eigenvalue weighted by Crippen LogP contribution is 2.27. The normalized spacial score (nSPS) is 16.9. The van der Waals surface area contributed by atoms with Crippen molar-refractivity contribution in [1.29, 1.82) is 0 Å². The number of nitrogens with zero attached hydrogens (tertiary/aromatic N) is 2. The zero-order valence-electron chi connectivity index (χ0n) is 16.1. The fourth-order valence-corrected chi connectivity index (χ4v) is 5.26. The first-order valence-electron chi connectivity index (χ1n) is 9.52. The van der Waals surface area contributed by atoms with E-state index >= 15 is 0 Å². The number of nitrogens with one attached hydrogen (secondary N) is 1. The molecule has 152 valence electrons. The molecule has 1 aliphatic rings. The second kappa shape index (κ2) is 8.52. The molecule has 1 aromatic heterocycles. The van der Waals surface area contributed by atoms with Crippen LogP contribution in [0, 0.1) is 6.92 Å². The van der Waals surface area contributed by atoms with Gasteiger partial charge in [-0.1, -0.05) is 12.1 Å². The van der Waals surface area contributed by atoms with Crippen molar-refractivity contribution in [3.63, 3.8) is 0 Å². The number of ether oxygens (including phenoxy) is 1. The summed E-state index contributed by atoms with van der Waals surface area (Å²) in [4.78, 5) is 6.77. The van der Waals surface area contributed by atoms with Gasteiger partial charge in [0.15, 0.2) is 5.13 Å². The Kier molecular flexibility index (Phi) is 5.84. The van der Waals surface area contributed by atoms with Gasteiger partial charge in [-0.05, 0) is 61.7 Å². The first kappa shape index (κ1) is 19.9. The van der Waals surface area contributed by atoms with Crippen molar-refractivity contribution in [2.24, 2.45) is 0 Å². The molecule has 1 N–H and O–H groups in total. The van der Waals surface area contributed by atoms with Gasteiger partial charge in [0.2, 0.25) is 10.0 Å². The average molecular weight is 430 g/mol. The third-order valence-corrected chi connectivity index (χ3v) is 7.16. The van der Waals surface area contributed by atoms with E-state index in [1.54, 1.807) is 41.8 Å². The highest BCUT2D eigenvalue weighted by atomic mass is 32.2. The van der Waals surface area contributed by atoms with Crippen LogP contribution in [0.3, 0.4) is 0 Å². The van der Waals surface area contributed by atoms with Gasteiger partial charge in [0, 0.05) is 30.7 Å². The summed E-state index contributed by atoms with van der Waals surface area (Å²) in [6.07, 6.45) is 3.77. The number of sulfonamides is 1. The molecular formula is C21H23N3O3S2. The summed E-state index contributed by atoms with van der Waals surface area (Å²) in [7, 11) is -3.59. The third-order valence-electron chi connectivity index (χ3n) is 4.91. The number of hydrogen-bond acceptors (Lipinski definition) is 6. The molecule has 1 unspecified atom stereocenters. The third kappa shape index (κ3) is 4.77. The summed E-state index contributed by atoms with van der Waals surface area (Å²) in [6.45, 7) is 3.27. The van der Waals surface area contributed by atoms with Crippen LogP contribution in [0.15, 0.2) is 65.0 Å². The van der Waals surface area contributed by atoms with Crippen molar-refractivity contribution in [2.75, 3.05) is 18.0 Å². The minimum Gasteiger partial charge on any atom is -0.457 e. The van der Waals surface area contributed by atoms with Crippen LogP contribution in [-0.4, -0.2) is 32.5 Å². The summed E-state index contributed by atoms with van der Waals surface area (Å²) in [5.74, 6) is 1.32. The predicted octanol–water partition coefficient (Wildman–Crippen LogP) is 4.19. The van der Waals surface area contributed by atoms with E-state index in [1.165, 1.54) is 0 Å². The van der Waals surface area contributed by atoms with Gasteiger partial charge >= 0.3 is 0 Å². The fourth-order valence-electron chi connectivity index (χ4n) is 3.45. The molecule has 1 fully saturated rings. The highest BCUT2D eigenvalue weighted by Gasteiger charge is 2.28. The molecule has 0 amide bonds. The summed E-state index contributed by atoms with van der Waals surface area (Å²) in [6, 6.07) is 14.3. The van der Waals surface area contributed by atoms with Gasteiger partial charge in [-0.2, -0.15) is 0 Å². The first-order valence-corrected chi connectivity index (χ1v) is 11.9. The van der Waals surface area contributed by atoms with Crippen molar-refractivity contribution < 1.29 is 13.2 Å². The minimum atomic E-state index is -3.59. The van der Waals surface area contributed by atoms with Crippen molar-refractivity contribution in [3.05, 3.63) is 65.7 Å². The quantitative estimate of drug-likeness (QED) is 0.610. The number of hydrogen-bond donors (Lipinski definition) is 1. The van der Waals surface area contributed by atoms with E-state index in [0.717, 1.165) is 35.8 Å². The van der Waals surface area contributed by atoms with Crippen LogP contribution in [0.25, 0.3) is 0 Å². The molecule has 1 atom stereocenters. The Morgan fingerprint density at radius 2 is 2.03 bits per heavy atom. The molecule has 1 aliphatic heterocycles. The van der Waals surface area contributed by atoms with Crippen molar-refractivity contribution in [3.8, 4) is 11.5 Å². The smallest absolute Gasteiger partial charge is 0.240 e. The fraction of sp³-hybridized carbons (Fsp3) is 0.286. The molecule has 2 heterocycles. The van der Waals surface area contributed by atoms with E-state index in [2.05, 4.69) is 14.6 Å². The molecule has 0 saturated carbocycles. The maximum atomic E-state index is 12.7. The van der Waals surface area contributed by atoms with Gasteiger partial charge in [0.25, 0.3) is 0 Å². The SMILES string of the molecule is Cc1cccc(Oc2ccc(S(=O)(=O)NCC3CCCN3c3nccs3)cc2)c1. The van der Waals surface area contributed by atoms with E-state index in [-0.39, 0.29) is 10.9 Å². The molecule has 0 bridgehead atoms. The second-order valence-electron chi connectivity index (χ2n) is 7.05. The van der Waals surface area contributed by atoms with E-state index in [9.17, 15) is 8.42 Å². The highest BCUT2D eigenvalue weighted by molar-refractivity contribution is 7.89.